The number of ether oxygens (including phenoxy) is 2. The van der Waals surface area contributed by atoms with Gasteiger partial charge in [0.15, 0.2) is 0 Å². The number of carbonyl (C=O) groups excluding carboxylic acids is 1. The summed E-state index contributed by atoms with van der Waals surface area (Å²) < 4.78 is 48.5. The number of pyridine rings is 1. The molecule has 3 aromatic rings. The van der Waals surface area contributed by atoms with Crippen LogP contribution in [-0.4, -0.2) is 16.9 Å². The van der Waals surface area contributed by atoms with Crippen LogP contribution in [0.2, 0.25) is 5.02 Å². The molecule has 0 atom stereocenters. The van der Waals surface area contributed by atoms with Crippen molar-refractivity contribution in [2.24, 2.45) is 5.90 Å². The molecule has 11 heteroatoms. The van der Waals surface area contributed by atoms with Gasteiger partial charge in [0.25, 0.3) is 5.56 Å². The predicted octanol–water partition coefficient (Wildman–Crippen LogP) is 4.90. The van der Waals surface area contributed by atoms with E-state index in [1.807, 2.05) is 0 Å². The van der Waals surface area contributed by atoms with Crippen molar-refractivity contribution in [2.45, 2.75) is 25.9 Å². The van der Waals surface area contributed by atoms with Crippen LogP contribution in [0.1, 0.15) is 27.2 Å². The molecule has 0 unspecified atom stereocenters. The highest BCUT2D eigenvalue weighted by atomic mass is 35.5. The molecular formula is C24H20ClF3N2O5. The number of hydrogen-bond acceptors (Lipinski definition) is 6. The summed E-state index contributed by atoms with van der Waals surface area (Å²) in [6, 6.07) is 13.0. The van der Waals surface area contributed by atoms with Gasteiger partial charge in [-0.2, -0.15) is 5.90 Å². The lowest BCUT2D eigenvalue weighted by Crippen LogP contribution is -2.27. The zero-order chi connectivity index (χ0) is 25.6. The molecule has 2 aromatic carbocycles. The van der Waals surface area contributed by atoms with Crippen LogP contribution < -0.4 is 20.9 Å². The van der Waals surface area contributed by atoms with Gasteiger partial charge < -0.3 is 18.9 Å². The molecule has 35 heavy (non-hydrogen) atoms. The number of rotatable bonds is 9. The number of nitrogens with two attached hydrogens (primary N) is 1. The standard InChI is InChI=1S/C24H20ClF3N2O5/c1-2-16-12-20(25)22(31)30(11-10-15-6-8-17(9-7-15)23(32)35-29)21(16)14-33-18-4-3-5-19(13-18)34-24(26,27)28/h2-9,12-13H,1,10-11,14,29H2. The van der Waals surface area contributed by atoms with Crippen LogP contribution in [0.15, 0.2) is 66.0 Å². The van der Waals surface area contributed by atoms with E-state index in [1.54, 1.807) is 24.3 Å². The van der Waals surface area contributed by atoms with Crippen molar-refractivity contribution in [3.63, 3.8) is 0 Å². The molecule has 184 valence electrons. The van der Waals surface area contributed by atoms with Crippen LogP contribution in [0.4, 0.5) is 13.2 Å². The molecule has 0 aliphatic carbocycles. The Morgan fingerprint density at radius 2 is 1.80 bits per heavy atom. The van der Waals surface area contributed by atoms with E-state index in [9.17, 15) is 22.8 Å². The Morgan fingerprint density at radius 3 is 2.43 bits per heavy atom. The molecule has 0 saturated carbocycles. The quantitative estimate of drug-likeness (QED) is 0.413. The lowest BCUT2D eigenvalue weighted by molar-refractivity contribution is -0.274. The Bertz CT molecular complexity index is 1270. The van der Waals surface area contributed by atoms with E-state index in [4.69, 9.17) is 22.2 Å². The van der Waals surface area contributed by atoms with Gasteiger partial charge in [0.05, 0.1) is 11.3 Å². The summed E-state index contributed by atoms with van der Waals surface area (Å²) in [4.78, 5) is 28.5. The maximum atomic E-state index is 12.8. The molecule has 1 heterocycles. The van der Waals surface area contributed by atoms with Gasteiger partial charge in [0.2, 0.25) is 0 Å². The third-order valence-corrected chi connectivity index (χ3v) is 5.22. The summed E-state index contributed by atoms with van der Waals surface area (Å²) in [5.74, 6) is 3.88. The zero-order valence-electron chi connectivity index (χ0n) is 18.2. The van der Waals surface area contributed by atoms with Crippen molar-refractivity contribution >= 4 is 23.6 Å². The van der Waals surface area contributed by atoms with Crippen molar-refractivity contribution in [3.8, 4) is 11.5 Å². The van der Waals surface area contributed by atoms with E-state index in [0.717, 1.165) is 17.7 Å². The van der Waals surface area contributed by atoms with Gasteiger partial charge in [-0.05, 0) is 47.9 Å². The first-order valence-electron chi connectivity index (χ1n) is 10.1. The van der Waals surface area contributed by atoms with Crippen molar-refractivity contribution in [1.29, 1.82) is 0 Å². The Hall–Kier alpha value is -3.76. The normalized spacial score (nSPS) is 11.1. The highest BCUT2D eigenvalue weighted by molar-refractivity contribution is 6.30. The fraction of sp³-hybridized carbons (Fsp3) is 0.167. The first kappa shape index (κ1) is 25.9. The van der Waals surface area contributed by atoms with Gasteiger partial charge in [0, 0.05) is 12.6 Å². The molecule has 2 N–H and O–H groups in total. The van der Waals surface area contributed by atoms with Crippen LogP contribution >= 0.6 is 11.6 Å². The number of hydrogen-bond donors (Lipinski definition) is 1. The molecule has 0 aliphatic heterocycles. The molecule has 0 saturated heterocycles. The van der Waals surface area contributed by atoms with Gasteiger partial charge in [0.1, 0.15) is 23.1 Å². The Labute approximate surface area is 203 Å². The number of halogens is 4. The third-order valence-electron chi connectivity index (χ3n) is 4.95. The molecule has 0 amide bonds. The number of benzene rings is 2. The van der Waals surface area contributed by atoms with E-state index >= 15 is 0 Å². The molecular weight excluding hydrogens is 489 g/mol. The second-order valence-corrected chi connectivity index (χ2v) is 7.63. The Morgan fingerprint density at radius 1 is 1.11 bits per heavy atom. The zero-order valence-corrected chi connectivity index (χ0v) is 18.9. The Balaban J connectivity index is 1.83. The number of alkyl halides is 3. The predicted molar refractivity (Wildman–Crippen MR) is 123 cm³/mol. The highest BCUT2D eigenvalue weighted by Crippen LogP contribution is 2.27. The van der Waals surface area contributed by atoms with E-state index in [2.05, 4.69) is 16.2 Å². The minimum Gasteiger partial charge on any atom is -0.487 e. The molecule has 0 spiro atoms. The van der Waals surface area contributed by atoms with Crippen LogP contribution in [-0.2, 0) is 24.4 Å². The summed E-state index contributed by atoms with van der Waals surface area (Å²) in [5, 5.41) is -0.0229. The summed E-state index contributed by atoms with van der Waals surface area (Å²) in [6.07, 6.45) is -2.94. The van der Waals surface area contributed by atoms with Crippen molar-refractivity contribution in [2.75, 3.05) is 0 Å². The number of carbonyl (C=O) groups is 1. The summed E-state index contributed by atoms with van der Waals surface area (Å²) in [6.45, 7) is 3.79. The Kier molecular flexibility index (Phi) is 8.21. The van der Waals surface area contributed by atoms with Gasteiger partial charge in [-0.25, -0.2) is 4.79 Å². The lowest BCUT2D eigenvalue weighted by atomic mass is 10.1. The molecule has 1 aromatic heterocycles. The van der Waals surface area contributed by atoms with Crippen LogP contribution in [0.5, 0.6) is 11.5 Å². The summed E-state index contributed by atoms with van der Waals surface area (Å²) in [5.41, 5.74) is 1.58. The average molecular weight is 509 g/mol. The van der Waals surface area contributed by atoms with E-state index < -0.39 is 23.6 Å². The van der Waals surface area contributed by atoms with Crippen molar-refractivity contribution in [1.82, 2.24) is 4.57 Å². The van der Waals surface area contributed by atoms with E-state index in [0.29, 0.717) is 17.7 Å². The van der Waals surface area contributed by atoms with Gasteiger partial charge in [-0.3, -0.25) is 4.79 Å². The second-order valence-electron chi connectivity index (χ2n) is 7.22. The number of aromatic nitrogens is 1. The minimum atomic E-state index is -4.84. The first-order valence-corrected chi connectivity index (χ1v) is 10.5. The van der Waals surface area contributed by atoms with Gasteiger partial charge in [-0.1, -0.05) is 42.5 Å². The topological polar surface area (TPSA) is 92.8 Å². The molecule has 0 radical (unpaired) electrons. The van der Waals surface area contributed by atoms with Crippen LogP contribution in [0.3, 0.4) is 0 Å². The minimum absolute atomic E-state index is 0.0229. The smallest absolute Gasteiger partial charge is 0.487 e. The average Bonchev–Trinajstić information content (AvgIpc) is 2.82. The monoisotopic (exact) mass is 508 g/mol. The third kappa shape index (κ3) is 6.87. The number of aryl methyl sites for hydroxylation is 1. The fourth-order valence-electron chi connectivity index (χ4n) is 3.29. The lowest BCUT2D eigenvalue weighted by Gasteiger charge is -2.18. The highest BCUT2D eigenvalue weighted by Gasteiger charge is 2.31. The maximum absolute atomic E-state index is 12.8. The van der Waals surface area contributed by atoms with Crippen LogP contribution in [0, 0.1) is 0 Å². The maximum Gasteiger partial charge on any atom is 0.573 e. The summed E-state index contributed by atoms with van der Waals surface area (Å²) >= 11 is 6.11. The largest absolute Gasteiger partial charge is 0.573 e. The van der Waals surface area contributed by atoms with Gasteiger partial charge in [-0.15, -0.1) is 13.2 Å². The molecule has 0 aliphatic rings. The fourth-order valence-corrected chi connectivity index (χ4v) is 3.51. The second kappa shape index (κ2) is 11.1. The van der Waals surface area contributed by atoms with E-state index in [1.165, 1.54) is 28.8 Å². The molecule has 0 fully saturated rings. The van der Waals surface area contributed by atoms with Gasteiger partial charge >= 0.3 is 12.3 Å². The molecule has 7 nitrogen and oxygen atoms in total. The SMILES string of the molecule is C=Cc1cc(Cl)c(=O)n(CCc2ccc(C(=O)ON)cc2)c1COc1cccc(OC(F)(F)F)c1. The number of nitrogens with zero attached hydrogens (tertiary/aromatic N) is 1. The van der Waals surface area contributed by atoms with Crippen molar-refractivity contribution in [3.05, 3.63) is 98.9 Å². The van der Waals surface area contributed by atoms with Crippen LogP contribution in [0.25, 0.3) is 6.08 Å². The molecule has 0 bridgehead atoms. The van der Waals surface area contributed by atoms with E-state index in [-0.39, 0.29) is 29.5 Å². The molecule has 3 rings (SSSR count). The summed E-state index contributed by atoms with van der Waals surface area (Å²) in [7, 11) is 0. The van der Waals surface area contributed by atoms with Crippen molar-refractivity contribution < 1.29 is 32.3 Å². The first-order chi connectivity index (χ1) is 16.6.